The van der Waals surface area contributed by atoms with E-state index in [9.17, 15) is 4.79 Å². The first-order chi connectivity index (χ1) is 19.9. The average molecular weight is 614 g/mol. The molecule has 2 aromatic carbocycles. The Morgan fingerprint density at radius 3 is 2.51 bits per heavy atom. The van der Waals surface area contributed by atoms with Crippen molar-refractivity contribution in [1.82, 2.24) is 15.5 Å². The lowest BCUT2D eigenvalue weighted by molar-refractivity contribution is 0.0600. The first kappa shape index (κ1) is 27.0. The molecule has 3 fully saturated rings. The number of nitrogens with zero attached hydrogens (tertiary/aromatic N) is 3. The number of thiazole rings is 1. The molecule has 8 nitrogen and oxygen atoms in total. The highest BCUT2D eigenvalue weighted by Crippen LogP contribution is 2.47. The lowest BCUT2D eigenvalue weighted by atomic mass is 9.97. The van der Waals surface area contributed by atoms with Gasteiger partial charge in [0.25, 0.3) is 0 Å². The zero-order chi connectivity index (χ0) is 28.2. The van der Waals surface area contributed by atoms with Crippen molar-refractivity contribution in [2.24, 2.45) is 0 Å². The maximum atomic E-state index is 12.2. The number of nitrogens with one attached hydrogen (secondary N) is 1. The van der Waals surface area contributed by atoms with E-state index in [1.54, 1.807) is 24.5 Å². The van der Waals surface area contributed by atoms with Gasteiger partial charge in [0, 0.05) is 41.7 Å². The minimum atomic E-state index is -0.385. The smallest absolute Gasteiger partial charge is 0.338 e. The molecule has 2 unspecified atom stereocenters. The van der Waals surface area contributed by atoms with E-state index < -0.39 is 0 Å². The van der Waals surface area contributed by atoms with Crippen LogP contribution in [0.5, 0.6) is 5.75 Å². The molecule has 7 rings (SSSR count). The van der Waals surface area contributed by atoms with Gasteiger partial charge in [-0.2, -0.15) is 0 Å². The molecule has 11 heteroatoms. The summed E-state index contributed by atoms with van der Waals surface area (Å²) in [5.41, 5.74) is 3.79. The lowest BCUT2D eigenvalue weighted by Gasteiger charge is -2.39. The van der Waals surface area contributed by atoms with Crippen molar-refractivity contribution in [3.8, 4) is 17.0 Å². The fourth-order valence-electron chi connectivity index (χ4n) is 6.47. The topological polar surface area (TPSA) is 89.7 Å². The molecule has 2 atom stereocenters. The van der Waals surface area contributed by atoms with Crippen LogP contribution in [0.1, 0.15) is 66.1 Å². The summed E-state index contributed by atoms with van der Waals surface area (Å²) in [6.45, 7) is 0.658. The third-order valence-corrected chi connectivity index (χ3v) is 10.2. The Morgan fingerprint density at radius 2 is 1.85 bits per heavy atom. The number of esters is 1. The largest absolute Gasteiger partial charge is 0.494 e. The monoisotopic (exact) mass is 612 g/mol. The Labute approximate surface area is 251 Å². The molecule has 2 saturated heterocycles. The SMILES string of the molecule is COC(=O)c1cc(OC)c2nc(N3C4CCC3CC(NCc3c(-c5c(Cl)cccc5Cl)noc3C3CC3)C4)sc2c1. The van der Waals surface area contributed by atoms with Gasteiger partial charge in [-0.05, 0) is 62.8 Å². The number of methoxy groups -OCH3 is 2. The van der Waals surface area contributed by atoms with Crippen molar-refractivity contribution < 1.29 is 18.8 Å². The van der Waals surface area contributed by atoms with Gasteiger partial charge in [-0.15, -0.1) is 0 Å². The predicted molar refractivity (Wildman–Crippen MR) is 161 cm³/mol. The van der Waals surface area contributed by atoms with Crippen LogP contribution < -0.4 is 15.0 Å². The molecule has 1 saturated carbocycles. The van der Waals surface area contributed by atoms with Crippen LogP contribution >= 0.6 is 34.5 Å². The normalized spacial score (nSPS) is 22.0. The van der Waals surface area contributed by atoms with Crippen LogP contribution in [0.25, 0.3) is 21.5 Å². The van der Waals surface area contributed by atoms with Gasteiger partial charge in [0.2, 0.25) is 0 Å². The van der Waals surface area contributed by atoms with Crippen molar-refractivity contribution >= 4 is 55.9 Å². The maximum Gasteiger partial charge on any atom is 0.338 e. The summed E-state index contributed by atoms with van der Waals surface area (Å²) in [6.07, 6.45) is 6.53. The summed E-state index contributed by atoms with van der Waals surface area (Å²) in [6, 6.07) is 10.2. The highest BCUT2D eigenvalue weighted by atomic mass is 35.5. The van der Waals surface area contributed by atoms with Crippen molar-refractivity contribution in [1.29, 1.82) is 0 Å². The molecule has 2 bridgehead atoms. The standard InChI is InChI=1S/C30H30Cl2N4O4S/c1-38-23-10-16(29(37)39-2)11-24-27(23)34-30(41-24)36-18-8-9-19(36)13-17(12-18)33-14-20-26(35-40-28(20)15-6-7-15)25-21(31)4-3-5-22(25)32/h3-5,10-11,15,17-19,33H,6-9,12-14H2,1-2H3. The number of carbonyl (C=O) groups excluding carboxylic acids is 1. The minimum Gasteiger partial charge on any atom is -0.494 e. The second-order valence-corrected chi connectivity index (χ2v) is 12.9. The molecule has 214 valence electrons. The van der Waals surface area contributed by atoms with E-state index in [1.807, 2.05) is 24.3 Å². The van der Waals surface area contributed by atoms with E-state index in [2.05, 4.69) is 15.4 Å². The lowest BCUT2D eigenvalue weighted by Crippen LogP contribution is -2.49. The number of benzene rings is 2. The molecular formula is C30H30Cl2N4O4S. The van der Waals surface area contributed by atoms with Crippen LogP contribution in [-0.2, 0) is 11.3 Å². The predicted octanol–water partition coefficient (Wildman–Crippen LogP) is 7.22. The summed E-state index contributed by atoms with van der Waals surface area (Å²) in [7, 11) is 2.99. The van der Waals surface area contributed by atoms with Crippen LogP contribution in [0.15, 0.2) is 34.9 Å². The highest BCUT2D eigenvalue weighted by molar-refractivity contribution is 7.22. The Bertz CT molecular complexity index is 1600. The third kappa shape index (κ3) is 4.86. The van der Waals surface area contributed by atoms with E-state index in [1.165, 1.54) is 7.11 Å². The molecular weight excluding hydrogens is 583 g/mol. The zero-order valence-corrected chi connectivity index (χ0v) is 25.1. The van der Waals surface area contributed by atoms with Gasteiger partial charge < -0.3 is 24.2 Å². The summed E-state index contributed by atoms with van der Waals surface area (Å²) in [4.78, 5) is 19.7. The number of ether oxygens (including phenoxy) is 2. The Balaban J connectivity index is 1.11. The molecule has 2 aromatic heterocycles. The van der Waals surface area contributed by atoms with E-state index >= 15 is 0 Å². The van der Waals surface area contributed by atoms with Crippen LogP contribution in [0.3, 0.4) is 0 Å². The molecule has 1 aliphatic carbocycles. The van der Waals surface area contributed by atoms with E-state index in [0.29, 0.717) is 51.9 Å². The summed E-state index contributed by atoms with van der Waals surface area (Å²) in [5.74, 6) is 1.58. The molecule has 1 N–H and O–H groups in total. The van der Waals surface area contributed by atoms with Crippen molar-refractivity contribution in [3.05, 3.63) is 57.3 Å². The second-order valence-electron chi connectivity index (χ2n) is 11.1. The van der Waals surface area contributed by atoms with Crippen molar-refractivity contribution in [2.75, 3.05) is 19.1 Å². The van der Waals surface area contributed by atoms with Gasteiger partial charge in [0.15, 0.2) is 5.13 Å². The molecule has 2 aliphatic heterocycles. The highest BCUT2D eigenvalue weighted by Gasteiger charge is 2.42. The first-order valence-corrected chi connectivity index (χ1v) is 15.5. The first-order valence-electron chi connectivity index (χ1n) is 14.0. The Kier molecular flexibility index (Phi) is 7.09. The molecule has 0 amide bonds. The molecule has 0 radical (unpaired) electrons. The van der Waals surface area contributed by atoms with E-state index in [-0.39, 0.29) is 5.97 Å². The number of rotatable bonds is 8. The minimum absolute atomic E-state index is 0.357. The summed E-state index contributed by atoms with van der Waals surface area (Å²) >= 11 is 14.7. The fourth-order valence-corrected chi connectivity index (χ4v) is 8.21. The second kappa shape index (κ2) is 10.8. The van der Waals surface area contributed by atoms with Gasteiger partial charge in [-0.25, -0.2) is 9.78 Å². The molecule has 4 heterocycles. The molecule has 0 spiro atoms. The number of hydrogen-bond donors (Lipinski definition) is 1. The number of anilines is 1. The van der Waals surface area contributed by atoms with Gasteiger partial charge in [-0.3, -0.25) is 0 Å². The zero-order valence-electron chi connectivity index (χ0n) is 22.8. The van der Waals surface area contributed by atoms with Crippen LogP contribution in [0.4, 0.5) is 5.13 Å². The number of halogens is 2. The summed E-state index contributed by atoms with van der Waals surface area (Å²) in [5, 5.41) is 10.4. The summed E-state index contributed by atoms with van der Waals surface area (Å²) < 4.78 is 17.3. The van der Waals surface area contributed by atoms with Gasteiger partial charge in [0.1, 0.15) is 22.7 Å². The number of hydrogen-bond acceptors (Lipinski definition) is 9. The Morgan fingerprint density at radius 1 is 1.12 bits per heavy atom. The number of fused-ring (bicyclic) bond motifs is 3. The fraction of sp³-hybridized carbons (Fsp3) is 0.433. The van der Waals surface area contributed by atoms with Crippen molar-refractivity contribution in [3.63, 3.8) is 0 Å². The molecule has 41 heavy (non-hydrogen) atoms. The van der Waals surface area contributed by atoms with E-state index in [0.717, 1.165) is 76.5 Å². The van der Waals surface area contributed by atoms with Crippen molar-refractivity contribution in [2.45, 2.75) is 69.1 Å². The number of carbonyl (C=O) groups is 1. The van der Waals surface area contributed by atoms with E-state index in [4.69, 9.17) is 42.2 Å². The van der Waals surface area contributed by atoms with Gasteiger partial charge in [0.05, 0.1) is 34.5 Å². The molecule has 4 aromatic rings. The molecule has 3 aliphatic rings. The van der Waals surface area contributed by atoms with Crippen LogP contribution in [-0.4, -0.2) is 48.5 Å². The van der Waals surface area contributed by atoms with Gasteiger partial charge >= 0.3 is 5.97 Å². The van der Waals surface area contributed by atoms with Crippen LogP contribution in [0, 0.1) is 0 Å². The quantitative estimate of drug-likeness (QED) is 0.209. The van der Waals surface area contributed by atoms with Crippen LogP contribution in [0.2, 0.25) is 10.0 Å². The Hall–Kier alpha value is -2.85. The number of piperidine rings is 1. The van der Waals surface area contributed by atoms with Gasteiger partial charge in [-0.1, -0.05) is 45.8 Å². The average Bonchev–Trinajstić information content (AvgIpc) is 3.50. The third-order valence-electron chi connectivity index (χ3n) is 8.58. The number of aromatic nitrogens is 2. The maximum absolute atomic E-state index is 12.2.